The number of halogens is 1. The predicted molar refractivity (Wildman–Crippen MR) is 112 cm³/mol. The van der Waals surface area contributed by atoms with Gasteiger partial charge in [-0.3, -0.25) is 0 Å². The molecule has 0 amide bonds. The number of nitrogens with one attached hydrogen (secondary N) is 1. The molecule has 0 fully saturated rings. The molecule has 1 heterocycles. The Morgan fingerprint density at radius 2 is 1.62 bits per heavy atom. The van der Waals surface area contributed by atoms with E-state index in [1.165, 1.54) is 32.4 Å². The van der Waals surface area contributed by atoms with Gasteiger partial charge < -0.3 is 5.32 Å². The fourth-order valence-corrected chi connectivity index (χ4v) is 4.97. The van der Waals surface area contributed by atoms with Crippen molar-refractivity contribution in [3.63, 3.8) is 0 Å². The van der Waals surface area contributed by atoms with Gasteiger partial charge in [0.05, 0.1) is 6.04 Å². The molecule has 2 aliphatic rings. The summed E-state index contributed by atoms with van der Waals surface area (Å²) >= 11 is 3.75. The van der Waals surface area contributed by atoms with Crippen molar-refractivity contribution in [1.82, 2.24) is 0 Å². The fourth-order valence-electron chi connectivity index (χ4n) is 4.44. The lowest BCUT2D eigenvalue weighted by atomic mass is 9.76. The Morgan fingerprint density at radius 1 is 0.808 bits per heavy atom. The molecule has 2 heteroatoms. The molecule has 0 bridgehead atoms. The van der Waals surface area contributed by atoms with Crippen molar-refractivity contribution in [2.75, 3.05) is 5.32 Å². The van der Waals surface area contributed by atoms with Gasteiger partial charge >= 0.3 is 0 Å². The minimum absolute atomic E-state index is 0.334. The highest BCUT2D eigenvalue weighted by Gasteiger charge is 2.38. The minimum Gasteiger partial charge on any atom is -0.378 e. The Balaban J connectivity index is 1.59. The molecule has 128 valence electrons. The summed E-state index contributed by atoms with van der Waals surface area (Å²) in [5.41, 5.74) is 6.61. The monoisotopic (exact) mass is 401 g/mol. The van der Waals surface area contributed by atoms with Crippen LogP contribution in [0.4, 0.5) is 5.69 Å². The molecule has 3 atom stereocenters. The summed E-state index contributed by atoms with van der Waals surface area (Å²) in [6.07, 6.45) is 5.88. The van der Waals surface area contributed by atoms with Gasteiger partial charge in [0, 0.05) is 16.1 Å². The first-order valence-corrected chi connectivity index (χ1v) is 9.97. The second-order valence-corrected chi connectivity index (χ2v) is 8.02. The van der Waals surface area contributed by atoms with Crippen LogP contribution in [-0.4, -0.2) is 0 Å². The molecule has 0 aromatic heterocycles. The molecular weight excluding hydrogens is 382 g/mol. The second-order valence-electron chi connectivity index (χ2n) is 7.17. The van der Waals surface area contributed by atoms with Crippen LogP contribution in [0.3, 0.4) is 0 Å². The molecule has 1 aliphatic heterocycles. The first-order valence-electron chi connectivity index (χ1n) is 9.18. The number of rotatable bonds is 2. The smallest absolute Gasteiger partial charge is 0.0565 e. The van der Waals surface area contributed by atoms with E-state index in [-0.39, 0.29) is 0 Å². The van der Waals surface area contributed by atoms with E-state index < -0.39 is 0 Å². The quantitative estimate of drug-likeness (QED) is 0.458. The van der Waals surface area contributed by atoms with Crippen LogP contribution < -0.4 is 5.32 Å². The largest absolute Gasteiger partial charge is 0.378 e. The van der Waals surface area contributed by atoms with Crippen molar-refractivity contribution < 1.29 is 0 Å². The average molecular weight is 402 g/mol. The molecule has 0 saturated heterocycles. The lowest BCUT2D eigenvalue weighted by Gasteiger charge is -2.38. The molecular formula is C24H20BrN. The predicted octanol–water partition coefficient (Wildman–Crippen LogP) is 6.94. The maximum atomic E-state index is 3.83. The maximum Gasteiger partial charge on any atom is 0.0565 e. The highest BCUT2D eigenvalue weighted by Crippen LogP contribution is 2.51. The highest BCUT2D eigenvalue weighted by molar-refractivity contribution is 9.10. The van der Waals surface area contributed by atoms with Crippen LogP contribution in [0.5, 0.6) is 0 Å². The van der Waals surface area contributed by atoms with E-state index in [1.807, 2.05) is 0 Å². The zero-order valence-corrected chi connectivity index (χ0v) is 16.0. The average Bonchev–Trinajstić information content (AvgIpc) is 3.18. The zero-order chi connectivity index (χ0) is 17.5. The zero-order valence-electron chi connectivity index (χ0n) is 14.4. The number of anilines is 1. The first-order chi connectivity index (χ1) is 12.8. The van der Waals surface area contributed by atoms with E-state index in [2.05, 4.69) is 106 Å². The molecule has 26 heavy (non-hydrogen) atoms. The van der Waals surface area contributed by atoms with Crippen molar-refractivity contribution >= 4 is 21.6 Å². The topological polar surface area (TPSA) is 12.0 Å². The van der Waals surface area contributed by atoms with Crippen LogP contribution in [0.2, 0.25) is 0 Å². The number of hydrogen-bond acceptors (Lipinski definition) is 1. The van der Waals surface area contributed by atoms with Gasteiger partial charge in [0.1, 0.15) is 0 Å². The molecule has 0 radical (unpaired) electrons. The lowest BCUT2D eigenvalue weighted by molar-refractivity contribution is 0.424. The number of benzene rings is 3. The Hall–Kier alpha value is -2.32. The fraction of sp³-hybridized carbons (Fsp3) is 0.167. The van der Waals surface area contributed by atoms with Crippen LogP contribution in [0.25, 0.3) is 11.1 Å². The van der Waals surface area contributed by atoms with E-state index in [4.69, 9.17) is 0 Å². The summed E-state index contributed by atoms with van der Waals surface area (Å²) in [6, 6.07) is 26.4. The first kappa shape index (κ1) is 15.9. The summed E-state index contributed by atoms with van der Waals surface area (Å²) in [4.78, 5) is 0. The van der Waals surface area contributed by atoms with Crippen LogP contribution in [0.1, 0.15) is 29.5 Å². The third-order valence-corrected chi connectivity index (χ3v) is 6.43. The van der Waals surface area contributed by atoms with Gasteiger partial charge in [-0.2, -0.15) is 0 Å². The summed E-state index contributed by atoms with van der Waals surface area (Å²) in [6.45, 7) is 0. The molecule has 0 unspecified atom stereocenters. The molecule has 0 spiro atoms. The second kappa shape index (κ2) is 6.44. The summed E-state index contributed by atoms with van der Waals surface area (Å²) < 4.78 is 1.19. The Labute approximate surface area is 162 Å². The van der Waals surface area contributed by atoms with E-state index in [0.29, 0.717) is 17.9 Å². The maximum absolute atomic E-state index is 3.83. The van der Waals surface area contributed by atoms with Crippen molar-refractivity contribution in [2.45, 2.75) is 18.4 Å². The Kier molecular flexibility index (Phi) is 3.94. The van der Waals surface area contributed by atoms with Crippen molar-refractivity contribution in [1.29, 1.82) is 0 Å². The van der Waals surface area contributed by atoms with Crippen molar-refractivity contribution in [3.8, 4) is 11.1 Å². The van der Waals surface area contributed by atoms with E-state index in [1.54, 1.807) is 0 Å². The molecule has 5 rings (SSSR count). The SMILES string of the molecule is Brc1ccccc1[C@@H]1Nc2ccc(-c3ccccc3)cc2[C@@H]2C=CC[C@@H]21. The van der Waals surface area contributed by atoms with Gasteiger partial charge in [0.15, 0.2) is 0 Å². The van der Waals surface area contributed by atoms with Gasteiger partial charge in [0.2, 0.25) is 0 Å². The number of hydrogen-bond donors (Lipinski definition) is 1. The number of allylic oxidation sites excluding steroid dienone is 2. The molecule has 1 N–H and O–H groups in total. The highest BCUT2D eigenvalue weighted by atomic mass is 79.9. The van der Waals surface area contributed by atoms with Gasteiger partial charge in [-0.25, -0.2) is 0 Å². The third kappa shape index (κ3) is 2.60. The van der Waals surface area contributed by atoms with E-state index >= 15 is 0 Å². The van der Waals surface area contributed by atoms with Gasteiger partial charge in [-0.05, 0) is 52.8 Å². The van der Waals surface area contributed by atoms with Gasteiger partial charge in [-0.15, -0.1) is 0 Å². The van der Waals surface area contributed by atoms with Crippen LogP contribution >= 0.6 is 15.9 Å². The molecule has 1 nitrogen and oxygen atoms in total. The van der Waals surface area contributed by atoms with Crippen LogP contribution in [0.15, 0.2) is 89.4 Å². The van der Waals surface area contributed by atoms with E-state index in [0.717, 1.165) is 6.42 Å². The Morgan fingerprint density at radius 3 is 2.46 bits per heavy atom. The van der Waals surface area contributed by atoms with Gasteiger partial charge in [0.25, 0.3) is 0 Å². The minimum atomic E-state index is 0.334. The standard InChI is InChI=1S/C24H20BrN/c25-22-12-5-4-9-20(22)24-19-11-6-10-18(19)21-15-17(13-14-23(21)26-24)16-7-2-1-3-8-16/h1-10,12-15,18-19,24,26H,11H2/t18-,19+,24-/m1/s1. The van der Waals surface area contributed by atoms with Gasteiger partial charge in [-0.1, -0.05) is 82.7 Å². The molecule has 0 saturated carbocycles. The van der Waals surface area contributed by atoms with Crippen LogP contribution in [0, 0.1) is 5.92 Å². The molecule has 1 aliphatic carbocycles. The molecule has 3 aromatic carbocycles. The summed E-state index contributed by atoms with van der Waals surface area (Å²) in [5, 5.41) is 3.83. The van der Waals surface area contributed by atoms with E-state index in [9.17, 15) is 0 Å². The molecule has 3 aromatic rings. The van der Waals surface area contributed by atoms with Crippen LogP contribution in [-0.2, 0) is 0 Å². The summed E-state index contributed by atoms with van der Waals surface area (Å²) in [5.74, 6) is 1.04. The lowest BCUT2D eigenvalue weighted by Crippen LogP contribution is -2.29. The van der Waals surface area contributed by atoms with Crippen molar-refractivity contribution in [2.24, 2.45) is 5.92 Å². The third-order valence-electron chi connectivity index (χ3n) is 5.71. The summed E-state index contributed by atoms with van der Waals surface area (Å²) in [7, 11) is 0. The normalized spacial score (nSPS) is 23.2. The Bertz CT molecular complexity index is 977. The van der Waals surface area contributed by atoms with Crippen molar-refractivity contribution in [3.05, 3.63) is 101 Å². The number of fused-ring (bicyclic) bond motifs is 3.